The minimum atomic E-state index is -0.362. The lowest BCUT2D eigenvalue weighted by Gasteiger charge is -2.29. The fraction of sp³-hybridized carbons (Fsp3) is 0.217. The Labute approximate surface area is 192 Å². The SMILES string of the molecule is COc1ccc(CC(=O)N2CC(=O)Nc3ccc(Br)cc3C2c2cccs2)cc1OC. The van der Waals surface area contributed by atoms with Crippen LogP contribution in [0.3, 0.4) is 0 Å². The Bertz CT molecular complexity index is 1120. The molecule has 1 aliphatic rings. The fourth-order valence-corrected chi connectivity index (χ4v) is 4.96. The maximum Gasteiger partial charge on any atom is 0.244 e. The molecule has 0 aliphatic carbocycles. The summed E-state index contributed by atoms with van der Waals surface area (Å²) in [6.07, 6.45) is 0.138. The van der Waals surface area contributed by atoms with Crippen molar-refractivity contribution < 1.29 is 19.1 Å². The van der Waals surface area contributed by atoms with E-state index in [4.69, 9.17) is 9.47 Å². The summed E-state index contributed by atoms with van der Waals surface area (Å²) in [4.78, 5) is 28.8. The third-order valence-corrected chi connectivity index (χ3v) is 6.56. The van der Waals surface area contributed by atoms with Crippen LogP contribution in [0.1, 0.15) is 22.0 Å². The van der Waals surface area contributed by atoms with Gasteiger partial charge in [-0.1, -0.05) is 28.1 Å². The molecule has 2 amide bonds. The third kappa shape index (κ3) is 4.45. The van der Waals surface area contributed by atoms with Crippen LogP contribution in [-0.2, 0) is 16.0 Å². The van der Waals surface area contributed by atoms with Gasteiger partial charge >= 0.3 is 0 Å². The number of amides is 2. The first-order valence-electron chi connectivity index (χ1n) is 9.63. The Morgan fingerprint density at radius 1 is 1.16 bits per heavy atom. The smallest absolute Gasteiger partial charge is 0.244 e. The highest BCUT2D eigenvalue weighted by Crippen LogP contribution is 2.39. The number of hydrogen-bond donors (Lipinski definition) is 1. The number of benzene rings is 2. The molecule has 160 valence electrons. The molecule has 1 aliphatic heterocycles. The van der Waals surface area contributed by atoms with Gasteiger partial charge in [-0.25, -0.2) is 0 Å². The quantitative estimate of drug-likeness (QED) is 0.553. The number of methoxy groups -OCH3 is 2. The van der Waals surface area contributed by atoms with Crippen molar-refractivity contribution in [2.45, 2.75) is 12.5 Å². The normalized spacial score (nSPS) is 15.6. The van der Waals surface area contributed by atoms with Crippen molar-refractivity contribution in [3.05, 3.63) is 74.4 Å². The molecule has 1 aromatic heterocycles. The van der Waals surface area contributed by atoms with Gasteiger partial charge in [0.2, 0.25) is 11.8 Å². The second kappa shape index (κ2) is 9.11. The first-order chi connectivity index (χ1) is 15.0. The molecule has 0 radical (unpaired) electrons. The summed E-state index contributed by atoms with van der Waals surface area (Å²) in [5, 5.41) is 4.91. The Morgan fingerprint density at radius 2 is 1.97 bits per heavy atom. The fourth-order valence-electron chi connectivity index (χ4n) is 3.73. The van der Waals surface area contributed by atoms with Gasteiger partial charge in [-0.15, -0.1) is 11.3 Å². The van der Waals surface area contributed by atoms with Crippen molar-refractivity contribution in [2.24, 2.45) is 0 Å². The second-order valence-corrected chi connectivity index (χ2v) is 8.98. The van der Waals surface area contributed by atoms with E-state index in [0.29, 0.717) is 17.2 Å². The minimum Gasteiger partial charge on any atom is -0.493 e. The molecule has 8 heteroatoms. The predicted molar refractivity (Wildman–Crippen MR) is 124 cm³/mol. The van der Waals surface area contributed by atoms with E-state index in [9.17, 15) is 9.59 Å². The van der Waals surface area contributed by atoms with E-state index in [0.717, 1.165) is 20.5 Å². The van der Waals surface area contributed by atoms with Gasteiger partial charge in [0.25, 0.3) is 0 Å². The van der Waals surface area contributed by atoms with Gasteiger partial charge in [-0.3, -0.25) is 9.59 Å². The minimum absolute atomic E-state index is 0.0268. The number of ether oxygens (including phenoxy) is 2. The van der Waals surface area contributed by atoms with E-state index < -0.39 is 0 Å². The standard InChI is InChI=1S/C23H21BrN2O4S/c1-29-18-8-5-14(10-19(18)30-2)11-22(28)26-13-21(27)25-17-7-6-15(24)12-16(17)23(26)20-4-3-9-31-20/h3-10,12,23H,11,13H2,1-2H3,(H,25,27). The molecule has 2 aromatic carbocycles. The largest absolute Gasteiger partial charge is 0.493 e. The lowest BCUT2D eigenvalue weighted by Crippen LogP contribution is -2.39. The average molecular weight is 501 g/mol. The number of carbonyl (C=O) groups excluding carboxylic acids is 2. The molecular weight excluding hydrogens is 480 g/mol. The van der Waals surface area contributed by atoms with Crippen LogP contribution in [0.15, 0.2) is 58.4 Å². The van der Waals surface area contributed by atoms with Crippen LogP contribution in [-0.4, -0.2) is 37.5 Å². The zero-order chi connectivity index (χ0) is 22.0. The number of thiophene rings is 1. The lowest BCUT2D eigenvalue weighted by molar-refractivity contribution is -0.135. The van der Waals surface area contributed by atoms with Crippen LogP contribution in [0.2, 0.25) is 0 Å². The summed E-state index contributed by atoms with van der Waals surface area (Å²) in [6.45, 7) is -0.0268. The van der Waals surface area contributed by atoms with Gasteiger partial charge in [0, 0.05) is 20.6 Å². The Morgan fingerprint density at radius 3 is 2.68 bits per heavy atom. The maximum atomic E-state index is 13.5. The average Bonchev–Trinajstić information content (AvgIpc) is 3.24. The van der Waals surface area contributed by atoms with Gasteiger partial charge in [-0.2, -0.15) is 0 Å². The second-order valence-electron chi connectivity index (χ2n) is 7.09. The number of carbonyl (C=O) groups is 2. The van der Waals surface area contributed by atoms with E-state index in [2.05, 4.69) is 21.2 Å². The molecule has 0 saturated carbocycles. The summed E-state index contributed by atoms with van der Waals surface area (Å²) in [7, 11) is 3.13. The molecule has 1 unspecified atom stereocenters. The Balaban J connectivity index is 1.73. The van der Waals surface area contributed by atoms with Crippen LogP contribution >= 0.6 is 27.3 Å². The van der Waals surface area contributed by atoms with Crippen molar-refractivity contribution in [3.8, 4) is 11.5 Å². The van der Waals surface area contributed by atoms with Crippen LogP contribution in [0.25, 0.3) is 0 Å². The maximum absolute atomic E-state index is 13.5. The van der Waals surface area contributed by atoms with Crippen molar-refractivity contribution in [1.29, 1.82) is 0 Å². The van der Waals surface area contributed by atoms with Crippen molar-refractivity contribution in [1.82, 2.24) is 4.90 Å². The van der Waals surface area contributed by atoms with E-state index in [-0.39, 0.29) is 30.8 Å². The van der Waals surface area contributed by atoms with E-state index >= 15 is 0 Å². The van der Waals surface area contributed by atoms with Gasteiger partial charge in [0.1, 0.15) is 6.54 Å². The molecule has 0 fully saturated rings. The third-order valence-electron chi connectivity index (χ3n) is 5.14. The molecule has 4 rings (SSSR count). The topological polar surface area (TPSA) is 67.9 Å². The molecule has 1 N–H and O–H groups in total. The number of anilines is 1. The molecule has 1 atom stereocenters. The number of rotatable bonds is 5. The van der Waals surface area contributed by atoms with Crippen LogP contribution in [0.4, 0.5) is 5.69 Å². The monoisotopic (exact) mass is 500 g/mol. The van der Waals surface area contributed by atoms with Crippen LogP contribution in [0, 0.1) is 0 Å². The first kappa shape index (κ1) is 21.4. The van der Waals surface area contributed by atoms with Gasteiger partial charge < -0.3 is 19.7 Å². The Kier molecular flexibility index (Phi) is 6.29. The highest BCUT2D eigenvalue weighted by atomic mass is 79.9. The number of fused-ring (bicyclic) bond motifs is 1. The summed E-state index contributed by atoms with van der Waals surface area (Å²) in [5.41, 5.74) is 2.38. The van der Waals surface area contributed by atoms with Crippen molar-refractivity contribution in [3.63, 3.8) is 0 Å². The number of halogens is 1. The van der Waals surface area contributed by atoms with Crippen molar-refractivity contribution in [2.75, 3.05) is 26.1 Å². The molecular formula is C23H21BrN2O4S. The lowest BCUT2D eigenvalue weighted by atomic mass is 10.0. The highest BCUT2D eigenvalue weighted by Gasteiger charge is 2.34. The summed E-state index contributed by atoms with van der Waals surface area (Å²) >= 11 is 5.09. The molecule has 0 spiro atoms. The first-order valence-corrected chi connectivity index (χ1v) is 11.3. The number of hydrogen-bond acceptors (Lipinski definition) is 5. The van der Waals surface area contributed by atoms with Gasteiger partial charge in [-0.05, 0) is 47.3 Å². The van der Waals surface area contributed by atoms with Gasteiger partial charge in [0.15, 0.2) is 11.5 Å². The van der Waals surface area contributed by atoms with E-state index in [1.54, 1.807) is 42.6 Å². The zero-order valence-corrected chi connectivity index (χ0v) is 19.5. The van der Waals surface area contributed by atoms with E-state index in [1.165, 1.54) is 0 Å². The molecule has 3 aromatic rings. The zero-order valence-electron chi connectivity index (χ0n) is 17.1. The molecule has 6 nitrogen and oxygen atoms in total. The predicted octanol–water partition coefficient (Wildman–Crippen LogP) is 4.64. The molecule has 0 saturated heterocycles. The molecule has 2 heterocycles. The van der Waals surface area contributed by atoms with Crippen LogP contribution < -0.4 is 14.8 Å². The molecule has 0 bridgehead atoms. The van der Waals surface area contributed by atoms with Crippen LogP contribution in [0.5, 0.6) is 11.5 Å². The summed E-state index contributed by atoms with van der Waals surface area (Å²) in [5.74, 6) is 0.797. The number of nitrogens with one attached hydrogen (secondary N) is 1. The summed E-state index contributed by atoms with van der Waals surface area (Å²) in [6, 6.07) is 14.7. The molecule has 31 heavy (non-hydrogen) atoms. The van der Waals surface area contributed by atoms with E-state index in [1.807, 2.05) is 41.8 Å². The van der Waals surface area contributed by atoms with Gasteiger partial charge in [0.05, 0.1) is 26.7 Å². The number of nitrogens with zero attached hydrogens (tertiary/aromatic N) is 1. The van der Waals surface area contributed by atoms with Crippen molar-refractivity contribution >= 4 is 44.8 Å². The highest BCUT2D eigenvalue weighted by molar-refractivity contribution is 9.10. The Hall–Kier alpha value is -2.84. The summed E-state index contributed by atoms with van der Waals surface area (Å²) < 4.78 is 11.5.